The summed E-state index contributed by atoms with van der Waals surface area (Å²) in [6.07, 6.45) is 8.03. The van der Waals surface area contributed by atoms with Gasteiger partial charge in [0.05, 0.1) is 11.5 Å². The van der Waals surface area contributed by atoms with Gasteiger partial charge in [-0.05, 0) is 93.0 Å². The highest BCUT2D eigenvalue weighted by atomic mass is 32.2. The molecule has 246 valence electrons. The SMILES string of the molecule is NC1CC2CCC(C1)N2C(=O)[C@@H](NS(=O)(=O)c1ccc(OCC2CCCCC2)cc1)C(F)(F)c1cccc(Oc2ccccc2)c1. The quantitative estimate of drug-likeness (QED) is 0.249. The third-order valence-electron chi connectivity index (χ3n) is 9.45. The fourth-order valence-corrected chi connectivity index (χ4v) is 8.26. The van der Waals surface area contributed by atoms with Gasteiger partial charge in [-0.3, -0.25) is 4.79 Å². The van der Waals surface area contributed by atoms with Crippen LogP contribution in [0, 0.1) is 5.92 Å². The first-order chi connectivity index (χ1) is 22.1. The minimum atomic E-state index is -4.56. The van der Waals surface area contributed by atoms with E-state index >= 15 is 8.78 Å². The van der Waals surface area contributed by atoms with Crippen molar-refractivity contribution in [1.29, 1.82) is 0 Å². The van der Waals surface area contributed by atoms with E-state index < -0.39 is 33.5 Å². The zero-order valence-corrected chi connectivity index (χ0v) is 26.5. The van der Waals surface area contributed by atoms with E-state index in [1.807, 2.05) is 0 Å². The van der Waals surface area contributed by atoms with Gasteiger partial charge in [-0.2, -0.15) is 13.5 Å². The van der Waals surface area contributed by atoms with Gasteiger partial charge in [-0.1, -0.05) is 49.6 Å². The molecule has 11 heteroatoms. The summed E-state index contributed by atoms with van der Waals surface area (Å²) in [5.74, 6) is -3.35. The van der Waals surface area contributed by atoms with Crippen LogP contribution in [0.25, 0.3) is 0 Å². The van der Waals surface area contributed by atoms with Gasteiger partial charge in [0.15, 0.2) is 6.04 Å². The number of alkyl halides is 2. The Bertz CT molecular complexity index is 1590. The van der Waals surface area contributed by atoms with Crippen molar-refractivity contribution in [3.63, 3.8) is 0 Å². The maximum atomic E-state index is 16.6. The molecule has 3 fully saturated rings. The van der Waals surface area contributed by atoms with Crippen LogP contribution in [0.2, 0.25) is 0 Å². The second kappa shape index (κ2) is 13.7. The molecule has 6 rings (SSSR count). The zero-order chi connectivity index (χ0) is 32.3. The number of fused-ring (bicyclic) bond motifs is 2. The van der Waals surface area contributed by atoms with Crippen LogP contribution in [0.3, 0.4) is 0 Å². The summed E-state index contributed by atoms with van der Waals surface area (Å²) in [4.78, 5) is 15.3. The molecule has 46 heavy (non-hydrogen) atoms. The molecule has 0 spiro atoms. The molecule has 2 heterocycles. The van der Waals surface area contributed by atoms with E-state index in [-0.39, 0.29) is 28.8 Å². The number of rotatable bonds is 11. The molecule has 3 aromatic carbocycles. The number of hydrogen-bond donors (Lipinski definition) is 2. The number of hydrogen-bond acceptors (Lipinski definition) is 6. The third kappa shape index (κ3) is 7.21. The van der Waals surface area contributed by atoms with E-state index in [0.717, 1.165) is 18.9 Å². The van der Waals surface area contributed by atoms with Gasteiger partial charge in [0.2, 0.25) is 15.9 Å². The second-order valence-corrected chi connectivity index (χ2v) is 14.5. The summed E-state index contributed by atoms with van der Waals surface area (Å²) in [6.45, 7) is 0.544. The lowest BCUT2D eigenvalue weighted by Gasteiger charge is -2.41. The Balaban J connectivity index is 1.26. The van der Waals surface area contributed by atoms with Crippen LogP contribution in [0.4, 0.5) is 8.78 Å². The van der Waals surface area contributed by atoms with Crippen LogP contribution in [-0.4, -0.2) is 50.0 Å². The molecule has 1 aliphatic carbocycles. The molecular weight excluding hydrogens is 612 g/mol. The fraction of sp³-hybridized carbons (Fsp3) is 0.457. The Kier molecular flexibility index (Phi) is 9.63. The first kappa shape index (κ1) is 32.4. The van der Waals surface area contributed by atoms with Crippen LogP contribution >= 0.6 is 0 Å². The maximum absolute atomic E-state index is 16.6. The van der Waals surface area contributed by atoms with Crippen molar-refractivity contribution in [1.82, 2.24) is 9.62 Å². The Morgan fingerprint density at radius 3 is 2.20 bits per heavy atom. The van der Waals surface area contributed by atoms with Crippen LogP contribution in [-0.2, 0) is 20.7 Å². The van der Waals surface area contributed by atoms with Gasteiger partial charge >= 0.3 is 0 Å². The zero-order valence-electron chi connectivity index (χ0n) is 25.7. The van der Waals surface area contributed by atoms with Gasteiger partial charge in [0, 0.05) is 23.7 Å². The number of piperidine rings is 1. The number of nitrogens with zero attached hydrogens (tertiary/aromatic N) is 1. The Hall–Kier alpha value is -3.54. The number of para-hydroxylation sites is 1. The summed E-state index contributed by atoms with van der Waals surface area (Å²) in [7, 11) is -4.56. The molecule has 3 N–H and O–H groups in total. The smallest absolute Gasteiger partial charge is 0.298 e. The fourth-order valence-electron chi connectivity index (χ4n) is 7.07. The molecule has 2 aliphatic heterocycles. The number of halogens is 2. The number of nitrogens with two attached hydrogens (primary N) is 1. The molecule has 2 bridgehead atoms. The van der Waals surface area contributed by atoms with E-state index in [1.54, 1.807) is 30.3 Å². The first-order valence-corrected chi connectivity index (χ1v) is 17.6. The highest BCUT2D eigenvalue weighted by molar-refractivity contribution is 7.89. The highest BCUT2D eigenvalue weighted by Crippen LogP contribution is 2.41. The lowest BCUT2D eigenvalue weighted by atomic mass is 9.90. The largest absolute Gasteiger partial charge is 0.493 e. The predicted octanol–water partition coefficient (Wildman–Crippen LogP) is 6.36. The number of carbonyl (C=O) groups excluding carboxylic acids is 1. The Labute approximate surface area is 269 Å². The van der Waals surface area contributed by atoms with Crippen molar-refractivity contribution in [3.8, 4) is 17.2 Å². The molecule has 0 radical (unpaired) electrons. The van der Waals surface area contributed by atoms with Crippen molar-refractivity contribution < 1.29 is 31.5 Å². The van der Waals surface area contributed by atoms with Gasteiger partial charge in [-0.15, -0.1) is 0 Å². The number of carbonyl (C=O) groups is 1. The summed E-state index contributed by atoms with van der Waals surface area (Å²) in [5.41, 5.74) is 5.64. The molecule has 0 aromatic heterocycles. The van der Waals surface area contributed by atoms with E-state index in [1.165, 1.54) is 66.6 Å². The molecular formula is C35H41F2N3O5S. The van der Waals surface area contributed by atoms with Crippen molar-refractivity contribution in [3.05, 3.63) is 84.4 Å². The Morgan fingerprint density at radius 2 is 1.52 bits per heavy atom. The van der Waals surface area contributed by atoms with E-state index in [4.69, 9.17) is 15.2 Å². The summed E-state index contributed by atoms with van der Waals surface area (Å²) >= 11 is 0. The lowest BCUT2D eigenvalue weighted by molar-refractivity contribution is -0.149. The summed E-state index contributed by atoms with van der Waals surface area (Å²) < 4.78 is 74.3. The van der Waals surface area contributed by atoms with Gasteiger partial charge in [0.25, 0.3) is 5.92 Å². The first-order valence-electron chi connectivity index (χ1n) is 16.1. The number of benzene rings is 3. The number of sulfonamides is 1. The molecule has 3 atom stereocenters. The number of ether oxygens (including phenoxy) is 2. The molecule has 2 saturated heterocycles. The molecule has 3 aromatic rings. The lowest BCUT2D eigenvalue weighted by Crippen LogP contribution is -2.60. The average Bonchev–Trinajstić information content (AvgIpc) is 3.34. The normalized spacial score (nSPS) is 22.8. The van der Waals surface area contributed by atoms with Crippen LogP contribution in [0.5, 0.6) is 17.2 Å². The highest BCUT2D eigenvalue weighted by Gasteiger charge is 2.53. The Morgan fingerprint density at radius 1 is 0.870 bits per heavy atom. The van der Waals surface area contributed by atoms with Crippen LogP contribution in [0.15, 0.2) is 83.8 Å². The van der Waals surface area contributed by atoms with Crippen LogP contribution in [0.1, 0.15) is 63.4 Å². The van der Waals surface area contributed by atoms with Crippen molar-refractivity contribution in [2.24, 2.45) is 11.7 Å². The maximum Gasteiger partial charge on any atom is 0.298 e. The minimum Gasteiger partial charge on any atom is -0.493 e. The van der Waals surface area contributed by atoms with E-state index in [9.17, 15) is 13.2 Å². The monoisotopic (exact) mass is 653 g/mol. The number of nitrogens with one attached hydrogen (secondary N) is 1. The molecule has 1 amide bonds. The van der Waals surface area contributed by atoms with Crippen LogP contribution < -0.4 is 19.9 Å². The topological polar surface area (TPSA) is 111 Å². The molecule has 8 nitrogen and oxygen atoms in total. The van der Waals surface area contributed by atoms with E-state index in [0.29, 0.717) is 49.7 Å². The van der Waals surface area contributed by atoms with Gasteiger partial charge < -0.3 is 20.1 Å². The minimum absolute atomic E-state index is 0.130. The standard InChI is InChI=1S/C35H41F2N3O5S/c36-35(37,25-10-7-13-31(20-25)45-30-11-5-2-6-12-30)33(34(41)40-27-14-15-28(40)22-26(38)21-27)39-46(42,43)32-18-16-29(17-19-32)44-23-24-8-3-1-4-9-24/h2,5-7,10-13,16-20,24,26-28,33,39H,1,3-4,8-9,14-15,21-23,38H2/t26?,27?,28?,33-/m1/s1. The van der Waals surface area contributed by atoms with Crippen molar-refractivity contribution in [2.45, 2.75) is 92.8 Å². The second-order valence-electron chi connectivity index (χ2n) is 12.8. The van der Waals surface area contributed by atoms with E-state index in [2.05, 4.69) is 4.72 Å². The molecule has 1 saturated carbocycles. The average molecular weight is 654 g/mol. The van der Waals surface area contributed by atoms with Crippen molar-refractivity contribution in [2.75, 3.05) is 6.61 Å². The summed E-state index contributed by atoms with van der Waals surface area (Å²) in [5, 5.41) is 0. The molecule has 3 aliphatic rings. The molecule has 2 unspecified atom stereocenters. The van der Waals surface area contributed by atoms with Gasteiger partial charge in [-0.25, -0.2) is 8.42 Å². The van der Waals surface area contributed by atoms with Crippen molar-refractivity contribution >= 4 is 15.9 Å². The predicted molar refractivity (Wildman–Crippen MR) is 170 cm³/mol. The van der Waals surface area contributed by atoms with Gasteiger partial charge in [0.1, 0.15) is 17.2 Å². The number of amides is 1. The summed E-state index contributed by atoms with van der Waals surface area (Å²) in [6, 6.07) is 16.4. The third-order valence-corrected chi connectivity index (χ3v) is 10.9.